The molecule has 0 aromatic heterocycles. The molecule has 2 nitrogen and oxygen atoms in total. The maximum Gasteiger partial charge on any atom is 0.0548 e. The van der Waals surface area contributed by atoms with Crippen LogP contribution in [-0.4, -0.2) is 5.71 Å². The molecule has 0 spiro atoms. The lowest BCUT2D eigenvalue weighted by atomic mass is 10.0. The Morgan fingerprint density at radius 2 is 2.00 bits per heavy atom. The maximum absolute atomic E-state index is 7.52. The molecule has 13 heavy (non-hydrogen) atoms. The van der Waals surface area contributed by atoms with Crippen molar-refractivity contribution < 1.29 is 0 Å². The average Bonchev–Trinajstić information content (AvgIpc) is 1.99. The summed E-state index contributed by atoms with van der Waals surface area (Å²) in [6.45, 7) is 5.58. The Labute approximate surface area is 83.2 Å². The molecule has 1 aromatic rings. The van der Waals surface area contributed by atoms with Crippen molar-refractivity contribution in [3.05, 3.63) is 27.8 Å². The number of nitrogens with one attached hydrogen (secondary N) is 1. The molecular weight excluding hydrogens is 184 g/mol. The lowest BCUT2D eigenvalue weighted by Crippen LogP contribution is -2.03. The minimum absolute atomic E-state index is 0.408. The van der Waals surface area contributed by atoms with Gasteiger partial charge >= 0.3 is 0 Å². The minimum atomic E-state index is 0.408. The van der Waals surface area contributed by atoms with Crippen LogP contribution in [0.15, 0.2) is 6.07 Å². The molecule has 0 bridgehead atoms. The second-order valence-electron chi connectivity index (χ2n) is 3.22. The third-order valence-electron chi connectivity index (χ3n) is 2.18. The van der Waals surface area contributed by atoms with Gasteiger partial charge in [-0.25, -0.2) is 0 Å². The first kappa shape index (κ1) is 10.1. The first-order chi connectivity index (χ1) is 5.95. The van der Waals surface area contributed by atoms with Crippen LogP contribution >= 0.6 is 11.6 Å². The molecule has 3 heteroatoms. The Kier molecular flexibility index (Phi) is 2.62. The van der Waals surface area contributed by atoms with Gasteiger partial charge in [0.05, 0.1) is 5.02 Å². The zero-order chi connectivity index (χ0) is 10.2. The van der Waals surface area contributed by atoms with E-state index in [9.17, 15) is 0 Å². The summed E-state index contributed by atoms with van der Waals surface area (Å²) in [6.07, 6.45) is 0. The van der Waals surface area contributed by atoms with Gasteiger partial charge in [-0.05, 0) is 38.0 Å². The van der Waals surface area contributed by atoms with E-state index in [1.165, 1.54) is 0 Å². The molecule has 0 amide bonds. The average molecular weight is 197 g/mol. The third kappa shape index (κ3) is 1.68. The number of benzene rings is 1. The Bertz CT molecular complexity index is 370. The first-order valence-corrected chi connectivity index (χ1v) is 4.43. The maximum atomic E-state index is 7.52. The molecule has 0 aliphatic heterocycles. The van der Waals surface area contributed by atoms with Gasteiger partial charge in [-0.3, -0.25) is 0 Å². The summed E-state index contributed by atoms with van der Waals surface area (Å²) in [5, 5.41) is 8.12. The van der Waals surface area contributed by atoms with Gasteiger partial charge in [-0.2, -0.15) is 0 Å². The van der Waals surface area contributed by atoms with E-state index >= 15 is 0 Å². The number of anilines is 1. The van der Waals surface area contributed by atoms with Crippen molar-refractivity contribution >= 4 is 23.0 Å². The van der Waals surface area contributed by atoms with Crippen LogP contribution in [0.2, 0.25) is 5.02 Å². The van der Waals surface area contributed by atoms with Crippen LogP contribution in [-0.2, 0) is 0 Å². The summed E-state index contributed by atoms with van der Waals surface area (Å²) in [5.74, 6) is 0. The monoisotopic (exact) mass is 196 g/mol. The molecule has 3 N–H and O–H groups in total. The second kappa shape index (κ2) is 3.38. The summed E-state index contributed by atoms with van der Waals surface area (Å²) in [4.78, 5) is 0. The van der Waals surface area contributed by atoms with Crippen molar-refractivity contribution in [1.82, 2.24) is 0 Å². The van der Waals surface area contributed by atoms with Crippen LogP contribution in [0.1, 0.15) is 23.6 Å². The van der Waals surface area contributed by atoms with Crippen LogP contribution in [0.5, 0.6) is 0 Å². The summed E-state index contributed by atoms with van der Waals surface area (Å²) >= 11 is 6.08. The number of nitrogen functional groups attached to an aromatic ring is 1. The van der Waals surface area contributed by atoms with E-state index in [1.807, 2.05) is 19.9 Å². The predicted molar refractivity (Wildman–Crippen MR) is 57.8 cm³/mol. The van der Waals surface area contributed by atoms with Gasteiger partial charge in [0.15, 0.2) is 0 Å². The molecule has 0 heterocycles. The molecule has 0 saturated carbocycles. The van der Waals surface area contributed by atoms with E-state index in [2.05, 4.69) is 0 Å². The van der Waals surface area contributed by atoms with Crippen molar-refractivity contribution in [2.24, 2.45) is 0 Å². The Morgan fingerprint density at radius 3 is 2.46 bits per heavy atom. The number of hydrogen-bond acceptors (Lipinski definition) is 2. The highest BCUT2D eigenvalue weighted by atomic mass is 35.5. The molecule has 0 aliphatic rings. The zero-order valence-electron chi connectivity index (χ0n) is 8.03. The number of nitrogens with two attached hydrogens (primary N) is 1. The van der Waals surface area contributed by atoms with Crippen molar-refractivity contribution in [2.45, 2.75) is 20.8 Å². The molecule has 0 fully saturated rings. The van der Waals surface area contributed by atoms with E-state index in [1.54, 1.807) is 6.92 Å². The fraction of sp³-hybridized carbons (Fsp3) is 0.300. The number of aryl methyl sites for hydroxylation is 1. The highest BCUT2D eigenvalue weighted by Gasteiger charge is 2.11. The van der Waals surface area contributed by atoms with Gasteiger partial charge in [-0.1, -0.05) is 11.6 Å². The van der Waals surface area contributed by atoms with E-state index in [-0.39, 0.29) is 0 Å². The molecule has 1 rings (SSSR count). The van der Waals surface area contributed by atoms with Crippen molar-refractivity contribution in [3.63, 3.8) is 0 Å². The van der Waals surface area contributed by atoms with Crippen LogP contribution in [0.25, 0.3) is 0 Å². The van der Waals surface area contributed by atoms with Crippen LogP contribution in [0.4, 0.5) is 5.69 Å². The molecule has 0 saturated heterocycles. The minimum Gasteiger partial charge on any atom is -0.398 e. The molecule has 0 atom stereocenters. The van der Waals surface area contributed by atoms with Crippen LogP contribution in [0, 0.1) is 19.3 Å². The lowest BCUT2D eigenvalue weighted by molar-refractivity contribution is 1.32. The largest absolute Gasteiger partial charge is 0.398 e. The van der Waals surface area contributed by atoms with Gasteiger partial charge < -0.3 is 11.1 Å². The van der Waals surface area contributed by atoms with Gasteiger partial charge in [0.2, 0.25) is 0 Å². The molecule has 0 aliphatic carbocycles. The summed E-state index contributed by atoms with van der Waals surface area (Å²) in [7, 11) is 0. The van der Waals surface area contributed by atoms with E-state index in [4.69, 9.17) is 22.7 Å². The van der Waals surface area contributed by atoms with Crippen LogP contribution < -0.4 is 5.73 Å². The summed E-state index contributed by atoms with van der Waals surface area (Å²) < 4.78 is 0. The third-order valence-corrected chi connectivity index (χ3v) is 2.65. The normalized spacial score (nSPS) is 10.2. The van der Waals surface area contributed by atoms with Gasteiger partial charge in [0, 0.05) is 17.0 Å². The van der Waals surface area contributed by atoms with Crippen molar-refractivity contribution in [1.29, 1.82) is 5.41 Å². The van der Waals surface area contributed by atoms with E-state index in [0.717, 1.165) is 11.1 Å². The summed E-state index contributed by atoms with van der Waals surface area (Å²) in [5.41, 5.74) is 9.48. The molecule has 1 aromatic carbocycles. The number of halogens is 1. The zero-order valence-corrected chi connectivity index (χ0v) is 8.79. The van der Waals surface area contributed by atoms with Gasteiger partial charge in [-0.15, -0.1) is 0 Å². The molecule has 70 valence electrons. The highest BCUT2D eigenvalue weighted by Crippen LogP contribution is 2.29. The van der Waals surface area contributed by atoms with Crippen molar-refractivity contribution in [3.8, 4) is 0 Å². The lowest BCUT2D eigenvalue weighted by Gasteiger charge is -2.11. The standard InChI is InChI=1S/C10H13ClN2/c1-5-4-8(13)9(7(3)12)10(11)6(5)2/h4,12H,13H2,1-3H3. The molecule has 0 radical (unpaired) electrons. The predicted octanol–water partition coefficient (Wildman–Crippen LogP) is 2.93. The van der Waals surface area contributed by atoms with Gasteiger partial charge in [0.1, 0.15) is 0 Å². The molecule has 0 unspecified atom stereocenters. The fourth-order valence-electron chi connectivity index (χ4n) is 1.28. The number of rotatable bonds is 1. The topological polar surface area (TPSA) is 49.9 Å². The Morgan fingerprint density at radius 1 is 1.46 bits per heavy atom. The SMILES string of the molecule is CC(=N)c1c(N)cc(C)c(C)c1Cl. The van der Waals surface area contributed by atoms with Crippen molar-refractivity contribution in [2.75, 3.05) is 5.73 Å². The highest BCUT2D eigenvalue weighted by molar-refractivity contribution is 6.35. The van der Waals surface area contributed by atoms with Gasteiger partial charge in [0.25, 0.3) is 0 Å². The number of hydrogen-bond donors (Lipinski definition) is 2. The second-order valence-corrected chi connectivity index (χ2v) is 3.60. The smallest absolute Gasteiger partial charge is 0.0548 e. The Hall–Kier alpha value is -1.02. The molecular formula is C10H13ClN2. The Balaban J connectivity index is 3.53. The van der Waals surface area contributed by atoms with E-state index in [0.29, 0.717) is 22.0 Å². The fourth-order valence-corrected chi connectivity index (χ4v) is 1.68. The quantitative estimate of drug-likeness (QED) is 0.527. The first-order valence-electron chi connectivity index (χ1n) is 4.06. The van der Waals surface area contributed by atoms with E-state index < -0.39 is 0 Å². The van der Waals surface area contributed by atoms with Crippen LogP contribution in [0.3, 0.4) is 0 Å². The summed E-state index contributed by atoms with van der Waals surface area (Å²) in [6, 6.07) is 1.86.